The van der Waals surface area contributed by atoms with E-state index in [9.17, 15) is 9.59 Å². The van der Waals surface area contributed by atoms with Crippen LogP contribution in [0.25, 0.3) is 21.8 Å². The first-order valence-corrected chi connectivity index (χ1v) is 9.55. The Morgan fingerprint density at radius 2 is 1.33 bits per heavy atom. The van der Waals surface area contributed by atoms with Gasteiger partial charge in [0.2, 0.25) is 11.8 Å². The number of halogens is 1. The molecule has 0 aliphatic carbocycles. The number of hydrogen-bond donors (Lipinski definition) is 0. The summed E-state index contributed by atoms with van der Waals surface area (Å²) in [6.45, 7) is 4.93. The quantitative estimate of drug-likeness (QED) is 0.417. The van der Waals surface area contributed by atoms with Crippen LogP contribution in [-0.2, 0) is 5.33 Å². The van der Waals surface area contributed by atoms with Gasteiger partial charge in [0.15, 0.2) is 0 Å². The standard InChI is InChI=1S/C10H9BrN2O.C10H10N2O/c1-7(14)13-10-5-3-2-4-8(10)9(6-11)12-13;1-7-9-5-3-4-6-10(9)12(11-7)8(2)13/h2-5H,6H2,1H3;3-6H,1-2H3. The average Bonchev–Trinajstić information content (AvgIpc) is 3.21. The van der Waals surface area contributed by atoms with Gasteiger partial charge in [-0.05, 0) is 19.1 Å². The van der Waals surface area contributed by atoms with Crippen molar-refractivity contribution in [2.75, 3.05) is 0 Å². The molecule has 6 nitrogen and oxygen atoms in total. The number of nitrogens with zero attached hydrogens (tertiary/aromatic N) is 4. The van der Waals surface area contributed by atoms with Crippen LogP contribution >= 0.6 is 15.9 Å². The van der Waals surface area contributed by atoms with Gasteiger partial charge in [0.05, 0.1) is 22.4 Å². The number of rotatable bonds is 1. The summed E-state index contributed by atoms with van der Waals surface area (Å²) in [6, 6.07) is 15.4. The first-order valence-electron chi connectivity index (χ1n) is 8.43. The number of fused-ring (bicyclic) bond motifs is 2. The fraction of sp³-hybridized carbons (Fsp3) is 0.200. The SMILES string of the molecule is CC(=O)n1nc(C)c2ccccc21.CC(=O)n1nc(CBr)c2ccccc21. The molecular weight excluding hydrogens is 408 g/mol. The number of carbonyl (C=O) groups excluding carboxylic acids is 2. The van der Waals surface area contributed by atoms with Gasteiger partial charge < -0.3 is 0 Å². The van der Waals surface area contributed by atoms with E-state index >= 15 is 0 Å². The molecule has 0 bridgehead atoms. The van der Waals surface area contributed by atoms with Crippen molar-refractivity contribution >= 4 is 49.6 Å². The minimum atomic E-state index is -0.0617. The van der Waals surface area contributed by atoms with Crippen LogP contribution in [0.5, 0.6) is 0 Å². The van der Waals surface area contributed by atoms with E-state index in [4.69, 9.17) is 0 Å². The molecule has 4 rings (SSSR count). The minimum absolute atomic E-state index is 0.0516. The van der Waals surface area contributed by atoms with Gasteiger partial charge in [-0.3, -0.25) is 9.59 Å². The predicted molar refractivity (Wildman–Crippen MR) is 109 cm³/mol. The fourth-order valence-electron chi connectivity index (χ4n) is 2.93. The molecule has 2 heterocycles. The molecule has 0 N–H and O–H groups in total. The molecule has 0 aliphatic rings. The van der Waals surface area contributed by atoms with Crippen molar-refractivity contribution in [1.82, 2.24) is 19.6 Å². The Kier molecular flexibility index (Phi) is 5.51. The van der Waals surface area contributed by atoms with Crippen LogP contribution in [0.4, 0.5) is 0 Å². The summed E-state index contributed by atoms with van der Waals surface area (Å²) >= 11 is 3.35. The number of carbonyl (C=O) groups is 2. The van der Waals surface area contributed by atoms with Gasteiger partial charge >= 0.3 is 0 Å². The van der Waals surface area contributed by atoms with E-state index in [1.807, 2.05) is 55.5 Å². The Bertz CT molecular complexity index is 1140. The van der Waals surface area contributed by atoms with Crippen LogP contribution in [0, 0.1) is 6.92 Å². The highest BCUT2D eigenvalue weighted by atomic mass is 79.9. The van der Waals surface area contributed by atoms with Crippen LogP contribution in [-0.4, -0.2) is 31.4 Å². The molecule has 0 fully saturated rings. The average molecular weight is 427 g/mol. The van der Waals surface area contributed by atoms with Gasteiger partial charge in [-0.2, -0.15) is 10.2 Å². The number of aromatic nitrogens is 4. The second kappa shape index (κ2) is 7.84. The highest BCUT2D eigenvalue weighted by Gasteiger charge is 2.11. The minimum Gasteiger partial charge on any atom is -0.273 e. The predicted octanol–water partition coefficient (Wildman–Crippen LogP) is 4.60. The summed E-state index contributed by atoms with van der Waals surface area (Å²) in [5, 5.41) is 11.1. The zero-order valence-electron chi connectivity index (χ0n) is 15.3. The lowest BCUT2D eigenvalue weighted by Crippen LogP contribution is -2.07. The van der Waals surface area contributed by atoms with E-state index in [0.717, 1.165) is 33.2 Å². The Balaban J connectivity index is 0.000000156. The van der Waals surface area contributed by atoms with E-state index in [-0.39, 0.29) is 11.8 Å². The van der Waals surface area contributed by atoms with Crippen LogP contribution < -0.4 is 0 Å². The van der Waals surface area contributed by atoms with Crippen molar-refractivity contribution in [2.45, 2.75) is 26.1 Å². The third-order valence-electron chi connectivity index (χ3n) is 4.16. The second-order valence-electron chi connectivity index (χ2n) is 6.06. The van der Waals surface area contributed by atoms with Crippen molar-refractivity contribution in [3.8, 4) is 0 Å². The summed E-state index contributed by atoms with van der Waals surface area (Å²) in [5.74, 6) is -0.113. The summed E-state index contributed by atoms with van der Waals surface area (Å²) in [4.78, 5) is 22.4. The maximum absolute atomic E-state index is 11.3. The maximum Gasteiger partial charge on any atom is 0.244 e. The lowest BCUT2D eigenvalue weighted by atomic mass is 10.2. The van der Waals surface area contributed by atoms with Crippen LogP contribution in [0.1, 0.15) is 34.8 Å². The molecular formula is C20H19BrN4O2. The number of para-hydroxylation sites is 2. The van der Waals surface area contributed by atoms with Crippen LogP contribution in [0.3, 0.4) is 0 Å². The third-order valence-corrected chi connectivity index (χ3v) is 4.69. The first kappa shape index (κ1) is 19.0. The van der Waals surface area contributed by atoms with Crippen LogP contribution in [0.2, 0.25) is 0 Å². The first-order chi connectivity index (χ1) is 12.9. The molecule has 4 aromatic rings. The van der Waals surface area contributed by atoms with Crippen molar-refractivity contribution in [1.29, 1.82) is 0 Å². The molecule has 2 aromatic heterocycles. The Morgan fingerprint density at radius 1 is 0.852 bits per heavy atom. The molecule has 0 saturated heterocycles. The van der Waals surface area contributed by atoms with Gasteiger partial charge in [-0.15, -0.1) is 0 Å². The van der Waals surface area contributed by atoms with Crippen molar-refractivity contribution in [3.63, 3.8) is 0 Å². The van der Waals surface area contributed by atoms with Gasteiger partial charge in [0.1, 0.15) is 0 Å². The normalized spacial score (nSPS) is 10.7. The lowest BCUT2D eigenvalue weighted by molar-refractivity contribution is 0.0918. The molecule has 7 heteroatoms. The number of alkyl halides is 1. The molecule has 2 aromatic carbocycles. The topological polar surface area (TPSA) is 69.8 Å². The lowest BCUT2D eigenvalue weighted by Gasteiger charge is -1.94. The highest BCUT2D eigenvalue weighted by molar-refractivity contribution is 9.08. The van der Waals surface area contributed by atoms with Crippen LogP contribution in [0.15, 0.2) is 48.5 Å². The van der Waals surface area contributed by atoms with E-state index in [1.165, 1.54) is 23.2 Å². The molecule has 0 aliphatic heterocycles. The van der Waals surface area contributed by atoms with Crippen molar-refractivity contribution < 1.29 is 9.59 Å². The summed E-state index contributed by atoms with van der Waals surface area (Å²) in [5.41, 5.74) is 3.54. The van der Waals surface area contributed by atoms with Gasteiger partial charge in [-0.25, -0.2) is 9.36 Å². The fourth-order valence-corrected chi connectivity index (χ4v) is 3.35. The highest BCUT2D eigenvalue weighted by Crippen LogP contribution is 2.20. The van der Waals surface area contributed by atoms with Gasteiger partial charge in [0.25, 0.3) is 0 Å². The zero-order chi connectivity index (χ0) is 19.6. The molecule has 27 heavy (non-hydrogen) atoms. The number of hydrogen-bond acceptors (Lipinski definition) is 4. The van der Waals surface area contributed by atoms with E-state index in [0.29, 0.717) is 5.33 Å². The Hall–Kier alpha value is -2.80. The third kappa shape index (κ3) is 3.68. The monoisotopic (exact) mass is 426 g/mol. The summed E-state index contributed by atoms with van der Waals surface area (Å²) in [7, 11) is 0. The molecule has 0 atom stereocenters. The number of aryl methyl sites for hydroxylation is 1. The number of benzene rings is 2. The van der Waals surface area contributed by atoms with E-state index < -0.39 is 0 Å². The Labute approximate surface area is 164 Å². The van der Waals surface area contributed by atoms with E-state index in [1.54, 1.807) is 0 Å². The largest absolute Gasteiger partial charge is 0.273 e. The molecule has 138 valence electrons. The van der Waals surface area contributed by atoms with E-state index in [2.05, 4.69) is 26.1 Å². The Morgan fingerprint density at radius 3 is 1.89 bits per heavy atom. The molecule has 0 unspecified atom stereocenters. The smallest absolute Gasteiger partial charge is 0.244 e. The van der Waals surface area contributed by atoms with Gasteiger partial charge in [-0.1, -0.05) is 52.3 Å². The molecule has 0 saturated carbocycles. The van der Waals surface area contributed by atoms with Crippen molar-refractivity contribution in [3.05, 3.63) is 59.9 Å². The summed E-state index contributed by atoms with van der Waals surface area (Å²) < 4.78 is 2.87. The summed E-state index contributed by atoms with van der Waals surface area (Å²) in [6.07, 6.45) is 0. The molecule has 0 spiro atoms. The van der Waals surface area contributed by atoms with Gasteiger partial charge in [0, 0.05) is 30.0 Å². The molecule has 0 amide bonds. The molecule has 0 radical (unpaired) electrons. The maximum atomic E-state index is 11.3. The second-order valence-corrected chi connectivity index (χ2v) is 6.62. The zero-order valence-corrected chi connectivity index (χ0v) is 16.9. The van der Waals surface area contributed by atoms with Crippen molar-refractivity contribution in [2.24, 2.45) is 0 Å².